The first kappa shape index (κ1) is 9.48. The van der Waals surface area contributed by atoms with E-state index in [1.165, 1.54) is 12.0 Å². The van der Waals surface area contributed by atoms with E-state index in [2.05, 4.69) is 39.5 Å². The highest BCUT2D eigenvalue weighted by atomic mass is 14.0. The van der Waals surface area contributed by atoms with E-state index in [-0.39, 0.29) is 0 Å². The first-order valence-electron chi connectivity index (χ1n) is 4.07. The van der Waals surface area contributed by atoms with Gasteiger partial charge in [0.05, 0.1) is 0 Å². The summed E-state index contributed by atoms with van der Waals surface area (Å²) in [5.74, 6) is 0.641. The van der Waals surface area contributed by atoms with Crippen molar-refractivity contribution in [1.29, 1.82) is 0 Å². The Morgan fingerprint density at radius 2 is 2.10 bits per heavy atom. The molecular formula is C10H18. The van der Waals surface area contributed by atoms with Crippen molar-refractivity contribution in [2.75, 3.05) is 0 Å². The second-order valence-corrected chi connectivity index (χ2v) is 2.69. The largest absolute Gasteiger partial charge is 0.0956 e. The molecule has 58 valence electrons. The Hall–Kier alpha value is -0.520. The maximum atomic E-state index is 3.98. The van der Waals surface area contributed by atoms with E-state index in [1.807, 2.05) is 0 Å². The molecule has 1 atom stereocenters. The van der Waals surface area contributed by atoms with Crippen LogP contribution in [0.1, 0.15) is 33.6 Å². The Morgan fingerprint density at radius 1 is 1.50 bits per heavy atom. The van der Waals surface area contributed by atoms with Crippen LogP contribution >= 0.6 is 0 Å². The van der Waals surface area contributed by atoms with Crippen LogP contribution < -0.4 is 0 Å². The molecule has 0 bridgehead atoms. The molecule has 0 N–H and O–H groups in total. The Balaban J connectivity index is 3.72. The molecule has 10 heavy (non-hydrogen) atoms. The van der Waals surface area contributed by atoms with Gasteiger partial charge in [0.2, 0.25) is 0 Å². The summed E-state index contributed by atoms with van der Waals surface area (Å²) in [5.41, 5.74) is 1.25. The fourth-order valence-electron chi connectivity index (χ4n) is 0.696. The van der Waals surface area contributed by atoms with Gasteiger partial charge in [-0.25, -0.2) is 0 Å². The van der Waals surface area contributed by atoms with Crippen molar-refractivity contribution in [3.8, 4) is 0 Å². The predicted octanol–water partition coefficient (Wildman–Crippen LogP) is 3.55. The van der Waals surface area contributed by atoms with E-state index in [0.29, 0.717) is 5.92 Å². The lowest BCUT2D eigenvalue weighted by Gasteiger charge is -2.06. The maximum absolute atomic E-state index is 3.98. The highest BCUT2D eigenvalue weighted by molar-refractivity contribution is 5.16. The van der Waals surface area contributed by atoms with Crippen molar-refractivity contribution >= 4 is 0 Å². The van der Waals surface area contributed by atoms with E-state index in [0.717, 1.165) is 6.42 Å². The number of hydrogen-bond donors (Lipinski definition) is 0. The molecule has 0 aliphatic rings. The molecule has 0 radical (unpaired) electrons. The number of hydrogen-bond acceptors (Lipinski definition) is 0. The third-order valence-corrected chi connectivity index (χ3v) is 1.81. The van der Waals surface area contributed by atoms with E-state index in [9.17, 15) is 0 Å². The molecule has 0 aromatic heterocycles. The summed E-state index contributed by atoms with van der Waals surface area (Å²) in [4.78, 5) is 0. The Morgan fingerprint density at radius 3 is 2.50 bits per heavy atom. The minimum absolute atomic E-state index is 0.641. The molecule has 0 nitrogen and oxygen atoms in total. The van der Waals surface area contributed by atoms with Gasteiger partial charge in [-0.2, -0.15) is 0 Å². The van der Waals surface area contributed by atoms with Gasteiger partial charge in [-0.15, -0.1) is 0 Å². The van der Waals surface area contributed by atoms with E-state index in [1.54, 1.807) is 0 Å². The topological polar surface area (TPSA) is 0 Å². The van der Waals surface area contributed by atoms with Gasteiger partial charge in [0.1, 0.15) is 0 Å². The van der Waals surface area contributed by atoms with Gasteiger partial charge < -0.3 is 0 Å². The van der Waals surface area contributed by atoms with Crippen molar-refractivity contribution < 1.29 is 0 Å². The third kappa shape index (κ3) is 3.49. The average Bonchev–Trinajstić information content (AvgIpc) is 1.98. The van der Waals surface area contributed by atoms with Gasteiger partial charge in [0.15, 0.2) is 0 Å². The molecule has 0 saturated heterocycles. The quantitative estimate of drug-likeness (QED) is 0.521. The monoisotopic (exact) mass is 138 g/mol. The van der Waals surface area contributed by atoms with Crippen molar-refractivity contribution in [3.05, 3.63) is 24.3 Å². The van der Waals surface area contributed by atoms with Crippen LogP contribution in [0.2, 0.25) is 0 Å². The van der Waals surface area contributed by atoms with Crippen molar-refractivity contribution in [2.24, 2.45) is 5.92 Å². The van der Waals surface area contributed by atoms with Gasteiger partial charge >= 0.3 is 0 Å². The lowest BCUT2D eigenvalue weighted by atomic mass is 10.00. The Kier molecular flexibility index (Phi) is 5.00. The Bertz CT molecular complexity index is 120. The Labute approximate surface area is 64.6 Å². The van der Waals surface area contributed by atoms with Crippen LogP contribution in [-0.2, 0) is 0 Å². The van der Waals surface area contributed by atoms with Gasteiger partial charge in [-0.1, -0.05) is 45.1 Å². The van der Waals surface area contributed by atoms with Gasteiger partial charge in [0, 0.05) is 0 Å². The molecule has 0 aromatic carbocycles. The molecule has 0 amide bonds. The molecule has 0 fully saturated rings. The smallest absolute Gasteiger partial charge is 0.0199 e. The highest BCUT2D eigenvalue weighted by Gasteiger charge is 1.98. The van der Waals surface area contributed by atoms with Gasteiger partial charge in [-0.3, -0.25) is 0 Å². The van der Waals surface area contributed by atoms with E-state index >= 15 is 0 Å². The van der Waals surface area contributed by atoms with Gasteiger partial charge in [-0.05, 0) is 18.8 Å². The van der Waals surface area contributed by atoms with Crippen LogP contribution in [0.3, 0.4) is 0 Å². The van der Waals surface area contributed by atoms with E-state index < -0.39 is 0 Å². The molecule has 0 heterocycles. The minimum Gasteiger partial charge on any atom is -0.0956 e. The molecule has 0 aliphatic heterocycles. The molecule has 0 spiro atoms. The van der Waals surface area contributed by atoms with Crippen LogP contribution in [0.5, 0.6) is 0 Å². The zero-order valence-corrected chi connectivity index (χ0v) is 7.35. The summed E-state index contributed by atoms with van der Waals surface area (Å²) >= 11 is 0. The van der Waals surface area contributed by atoms with Gasteiger partial charge in [0.25, 0.3) is 0 Å². The van der Waals surface area contributed by atoms with Crippen molar-refractivity contribution in [2.45, 2.75) is 33.6 Å². The van der Waals surface area contributed by atoms with Crippen molar-refractivity contribution in [1.82, 2.24) is 0 Å². The molecule has 0 rings (SSSR count). The molecule has 0 heteroatoms. The standard InChI is InChI=1S/C10H18/c1-5-7-8-10(4)9(3)6-2/h7-9H,4-6H2,1-3H3. The van der Waals surface area contributed by atoms with Crippen LogP contribution in [0, 0.1) is 5.92 Å². The zero-order chi connectivity index (χ0) is 7.98. The fraction of sp³-hybridized carbons (Fsp3) is 0.600. The first-order chi connectivity index (χ1) is 4.72. The second-order valence-electron chi connectivity index (χ2n) is 2.69. The summed E-state index contributed by atoms with van der Waals surface area (Å²) in [6, 6.07) is 0. The van der Waals surface area contributed by atoms with Crippen molar-refractivity contribution in [3.63, 3.8) is 0 Å². The molecule has 0 saturated carbocycles. The minimum atomic E-state index is 0.641. The summed E-state index contributed by atoms with van der Waals surface area (Å²) in [7, 11) is 0. The zero-order valence-electron chi connectivity index (χ0n) is 7.35. The summed E-state index contributed by atoms with van der Waals surface area (Å²) < 4.78 is 0. The molecular weight excluding hydrogens is 120 g/mol. The average molecular weight is 138 g/mol. The van der Waals surface area contributed by atoms with Crippen LogP contribution in [0.25, 0.3) is 0 Å². The highest BCUT2D eigenvalue weighted by Crippen LogP contribution is 2.12. The normalized spacial score (nSPS) is 13.9. The first-order valence-corrected chi connectivity index (χ1v) is 4.07. The number of rotatable bonds is 4. The lowest BCUT2D eigenvalue weighted by molar-refractivity contribution is 0.672. The predicted molar refractivity (Wildman–Crippen MR) is 48.0 cm³/mol. The second kappa shape index (κ2) is 5.28. The van der Waals surface area contributed by atoms with Crippen LogP contribution in [0.15, 0.2) is 24.3 Å². The summed E-state index contributed by atoms with van der Waals surface area (Å²) in [6.07, 6.45) is 6.59. The van der Waals surface area contributed by atoms with Crippen LogP contribution in [-0.4, -0.2) is 0 Å². The maximum Gasteiger partial charge on any atom is -0.0199 e. The third-order valence-electron chi connectivity index (χ3n) is 1.81. The van der Waals surface area contributed by atoms with Crippen LogP contribution in [0.4, 0.5) is 0 Å². The lowest BCUT2D eigenvalue weighted by Crippen LogP contribution is -1.92. The fourth-order valence-corrected chi connectivity index (χ4v) is 0.696. The summed E-state index contributed by atoms with van der Waals surface area (Å²) in [5, 5.41) is 0. The van der Waals surface area contributed by atoms with E-state index in [4.69, 9.17) is 0 Å². The SMILES string of the molecule is C=C(C=CCC)C(C)CC. The summed E-state index contributed by atoms with van der Waals surface area (Å²) in [6.45, 7) is 10.5. The molecule has 0 aromatic rings. The molecule has 0 aliphatic carbocycles. The molecule has 1 unspecified atom stereocenters. The number of allylic oxidation sites excluding steroid dienone is 3.